The minimum atomic E-state index is -0.321. The number of nitrogens with one attached hydrogen (secondary N) is 1. The molecule has 0 bridgehead atoms. The van der Waals surface area contributed by atoms with E-state index in [0.717, 1.165) is 28.1 Å². The fourth-order valence-corrected chi connectivity index (χ4v) is 3.31. The number of nitrogens with zero attached hydrogens (tertiary/aromatic N) is 3. The third kappa shape index (κ3) is 4.03. The van der Waals surface area contributed by atoms with Crippen LogP contribution in [0.2, 0.25) is 0 Å². The van der Waals surface area contributed by atoms with Crippen molar-refractivity contribution >= 4 is 11.6 Å². The molecule has 6 nitrogen and oxygen atoms in total. The standard InChI is InChI=1S/C24H24N4O2/c1-15-5-9-19(10-6-15)14-28-18(4)23(17(3)26-28)25-24(29)21-13-22(30-27-21)20-11-7-16(2)8-12-20/h5-13H,14H2,1-4H3,(H,25,29). The van der Waals surface area contributed by atoms with Gasteiger partial charge in [-0.2, -0.15) is 5.10 Å². The van der Waals surface area contributed by atoms with E-state index < -0.39 is 0 Å². The summed E-state index contributed by atoms with van der Waals surface area (Å²) >= 11 is 0. The third-order valence-corrected chi connectivity index (χ3v) is 5.15. The molecule has 4 rings (SSSR count). The van der Waals surface area contributed by atoms with Crippen LogP contribution in [0.25, 0.3) is 11.3 Å². The molecule has 4 aromatic rings. The molecule has 0 saturated heterocycles. The Morgan fingerprint density at radius 1 is 0.967 bits per heavy atom. The maximum atomic E-state index is 12.8. The van der Waals surface area contributed by atoms with E-state index in [2.05, 4.69) is 46.8 Å². The van der Waals surface area contributed by atoms with Crippen LogP contribution in [0, 0.1) is 27.7 Å². The summed E-state index contributed by atoms with van der Waals surface area (Å²) in [4.78, 5) is 12.8. The average Bonchev–Trinajstić information content (AvgIpc) is 3.32. The van der Waals surface area contributed by atoms with Gasteiger partial charge in [-0.15, -0.1) is 0 Å². The van der Waals surface area contributed by atoms with Gasteiger partial charge in [0, 0.05) is 11.6 Å². The molecule has 0 unspecified atom stereocenters. The maximum Gasteiger partial charge on any atom is 0.277 e. The highest BCUT2D eigenvalue weighted by Gasteiger charge is 2.18. The van der Waals surface area contributed by atoms with Crippen LogP contribution in [0.3, 0.4) is 0 Å². The quantitative estimate of drug-likeness (QED) is 0.507. The molecule has 0 spiro atoms. The normalized spacial score (nSPS) is 10.9. The molecule has 0 aliphatic rings. The molecule has 0 aliphatic carbocycles. The van der Waals surface area contributed by atoms with E-state index in [1.54, 1.807) is 6.07 Å². The Bertz CT molecular complexity index is 1190. The van der Waals surface area contributed by atoms with Gasteiger partial charge >= 0.3 is 0 Å². The predicted molar refractivity (Wildman–Crippen MR) is 117 cm³/mol. The Balaban J connectivity index is 1.51. The van der Waals surface area contributed by atoms with E-state index >= 15 is 0 Å². The van der Waals surface area contributed by atoms with Crippen molar-refractivity contribution in [3.8, 4) is 11.3 Å². The molecular formula is C24H24N4O2. The largest absolute Gasteiger partial charge is 0.355 e. The van der Waals surface area contributed by atoms with Gasteiger partial charge in [0.2, 0.25) is 0 Å². The minimum Gasteiger partial charge on any atom is -0.355 e. The summed E-state index contributed by atoms with van der Waals surface area (Å²) < 4.78 is 7.27. The number of carbonyl (C=O) groups excluding carboxylic acids is 1. The third-order valence-electron chi connectivity index (χ3n) is 5.15. The lowest BCUT2D eigenvalue weighted by Gasteiger charge is -2.07. The van der Waals surface area contributed by atoms with E-state index in [-0.39, 0.29) is 11.6 Å². The van der Waals surface area contributed by atoms with Gasteiger partial charge < -0.3 is 9.84 Å². The van der Waals surface area contributed by atoms with Crippen molar-refractivity contribution in [2.45, 2.75) is 34.2 Å². The molecule has 30 heavy (non-hydrogen) atoms. The zero-order valence-corrected chi connectivity index (χ0v) is 17.6. The van der Waals surface area contributed by atoms with Gasteiger partial charge in [-0.05, 0) is 33.3 Å². The summed E-state index contributed by atoms with van der Waals surface area (Å²) in [5, 5.41) is 11.5. The molecule has 0 aliphatic heterocycles. The summed E-state index contributed by atoms with van der Waals surface area (Å²) in [7, 11) is 0. The van der Waals surface area contributed by atoms with Gasteiger partial charge in [0.15, 0.2) is 11.5 Å². The van der Waals surface area contributed by atoms with Gasteiger partial charge in [0.1, 0.15) is 0 Å². The summed E-state index contributed by atoms with van der Waals surface area (Å²) in [6.45, 7) is 8.56. The van der Waals surface area contributed by atoms with Gasteiger partial charge in [0.05, 0.1) is 23.6 Å². The number of hydrogen-bond donors (Lipinski definition) is 1. The van der Waals surface area contributed by atoms with E-state index in [4.69, 9.17) is 4.52 Å². The molecule has 2 aromatic carbocycles. The second-order valence-electron chi connectivity index (χ2n) is 7.59. The molecule has 152 valence electrons. The van der Waals surface area contributed by atoms with Crippen molar-refractivity contribution in [2.24, 2.45) is 0 Å². The van der Waals surface area contributed by atoms with E-state index in [1.807, 2.05) is 49.7 Å². The second-order valence-corrected chi connectivity index (χ2v) is 7.59. The summed E-state index contributed by atoms with van der Waals surface area (Å²) in [5.41, 5.74) is 7.00. The molecule has 6 heteroatoms. The van der Waals surface area contributed by atoms with Crippen LogP contribution >= 0.6 is 0 Å². The first-order chi connectivity index (χ1) is 14.4. The first-order valence-electron chi connectivity index (χ1n) is 9.85. The highest BCUT2D eigenvalue weighted by atomic mass is 16.5. The van der Waals surface area contributed by atoms with E-state index in [0.29, 0.717) is 18.0 Å². The van der Waals surface area contributed by atoms with E-state index in [9.17, 15) is 4.79 Å². The number of anilines is 1. The summed E-state index contributed by atoms with van der Waals surface area (Å²) in [5.74, 6) is 0.238. The average molecular weight is 400 g/mol. The van der Waals surface area contributed by atoms with Crippen molar-refractivity contribution in [1.29, 1.82) is 0 Å². The number of benzene rings is 2. The minimum absolute atomic E-state index is 0.232. The number of rotatable bonds is 5. The van der Waals surface area contributed by atoms with Crippen molar-refractivity contribution in [3.63, 3.8) is 0 Å². The first-order valence-corrected chi connectivity index (χ1v) is 9.85. The fourth-order valence-electron chi connectivity index (χ4n) is 3.31. The van der Waals surface area contributed by atoms with Crippen LogP contribution in [0.15, 0.2) is 59.1 Å². The zero-order chi connectivity index (χ0) is 21.3. The lowest BCUT2D eigenvalue weighted by atomic mass is 10.1. The van der Waals surface area contributed by atoms with E-state index in [1.165, 1.54) is 5.56 Å². The van der Waals surface area contributed by atoms with Crippen molar-refractivity contribution in [1.82, 2.24) is 14.9 Å². The Morgan fingerprint density at radius 3 is 2.27 bits per heavy atom. The molecule has 2 aromatic heterocycles. The SMILES string of the molecule is Cc1ccc(Cn2nc(C)c(NC(=O)c3cc(-c4ccc(C)cc4)on3)c2C)cc1. The van der Waals surface area contributed by atoms with Crippen molar-refractivity contribution < 1.29 is 9.32 Å². The lowest BCUT2D eigenvalue weighted by molar-refractivity contribution is 0.101. The molecule has 0 saturated carbocycles. The van der Waals surface area contributed by atoms with Crippen LogP contribution < -0.4 is 5.32 Å². The molecule has 2 heterocycles. The highest BCUT2D eigenvalue weighted by Crippen LogP contribution is 2.24. The maximum absolute atomic E-state index is 12.8. The van der Waals surface area contributed by atoms with Crippen LogP contribution in [0.4, 0.5) is 5.69 Å². The molecule has 0 fully saturated rings. The number of amides is 1. The van der Waals surface area contributed by atoms with Crippen molar-refractivity contribution in [2.75, 3.05) is 5.32 Å². The lowest BCUT2D eigenvalue weighted by Crippen LogP contribution is -2.13. The summed E-state index contributed by atoms with van der Waals surface area (Å²) in [6, 6.07) is 17.9. The zero-order valence-electron chi connectivity index (χ0n) is 17.6. The van der Waals surface area contributed by atoms with Gasteiger partial charge in [-0.25, -0.2) is 0 Å². The summed E-state index contributed by atoms with van der Waals surface area (Å²) in [6.07, 6.45) is 0. The van der Waals surface area contributed by atoms with Gasteiger partial charge in [-0.1, -0.05) is 64.8 Å². The molecule has 0 radical (unpaired) electrons. The Kier molecular flexibility index (Phi) is 5.23. The van der Waals surface area contributed by atoms with Gasteiger partial charge in [-0.3, -0.25) is 9.48 Å². The van der Waals surface area contributed by atoms with Crippen LogP contribution in [0.1, 0.15) is 38.6 Å². The second kappa shape index (κ2) is 7.99. The van der Waals surface area contributed by atoms with Crippen molar-refractivity contribution in [3.05, 3.63) is 88.4 Å². The molecule has 0 atom stereocenters. The first kappa shape index (κ1) is 19.6. The number of carbonyl (C=O) groups is 1. The number of aromatic nitrogens is 3. The predicted octanol–water partition coefficient (Wildman–Crippen LogP) is 5.07. The number of aryl methyl sites for hydroxylation is 3. The highest BCUT2D eigenvalue weighted by molar-refractivity contribution is 6.03. The Labute approximate surface area is 175 Å². The Morgan fingerprint density at radius 2 is 1.60 bits per heavy atom. The van der Waals surface area contributed by atoms with Crippen LogP contribution in [-0.2, 0) is 6.54 Å². The fraction of sp³-hybridized carbons (Fsp3) is 0.208. The monoisotopic (exact) mass is 400 g/mol. The molecule has 1 N–H and O–H groups in total. The van der Waals surface area contributed by atoms with Crippen LogP contribution in [0.5, 0.6) is 0 Å². The number of hydrogen-bond acceptors (Lipinski definition) is 4. The molecule has 1 amide bonds. The topological polar surface area (TPSA) is 73.0 Å². The Hall–Kier alpha value is -3.67. The van der Waals surface area contributed by atoms with Crippen LogP contribution in [-0.4, -0.2) is 20.8 Å². The molecular weight excluding hydrogens is 376 g/mol. The smallest absolute Gasteiger partial charge is 0.277 e. The van der Waals surface area contributed by atoms with Gasteiger partial charge in [0.25, 0.3) is 5.91 Å².